The number of rotatable bonds is 6. The van der Waals surface area contributed by atoms with E-state index in [4.69, 9.17) is 0 Å². The first-order valence-electron chi connectivity index (χ1n) is 5.76. The van der Waals surface area contributed by atoms with Crippen LogP contribution in [0, 0.1) is 0 Å². The Hall–Kier alpha value is -1.41. The van der Waals surface area contributed by atoms with E-state index in [1.807, 2.05) is 36.4 Å². The fourth-order valence-corrected chi connectivity index (χ4v) is 1.49. The average molecular weight is 217 g/mol. The van der Waals surface area contributed by atoms with Gasteiger partial charge < -0.3 is 4.90 Å². The molecule has 0 saturated carbocycles. The molecule has 0 saturated heterocycles. The highest BCUT2D eigenvalue weighted by Crippen LogP contribution is 2.00. The van der Waals surface area contributed by atoms with Crippen molar-refractivity contribution in [2.24, 2.45) is 0 Å². The lowest BCUT2D eigenvalue weighted by Crippen LogP contribution is -2.22. The van der Waals surface area contributed by atoms with Crippen molar-refractivity contribution in [3.05, 3.63) is 48.0 Å². The minimum absolute atomic E-state index is 0.0766. The molecule has 86 valence electrons. The highest BCUT2D eigenvalue weighted by molar-refractivity contribution is 6.04. The maximum absolute atomic E-state index is 11.7. The molecule has 1 aromatic rings. The summed E-state index contributed by atoms with van der Waals surface area (Å²) in [5, 5.41) is 0. The van der Waals surface area contributed by atoms with Gasteiger partial charge in [0.25, 0.3) is 0 Å². The smallest absolute Gasteiger partial charge is 0.185 e. The zero-order chi connectivity index (χ0) is 11.8. The fourth-order valence-electron chi connectivity index (χ4n) is 1.49. The molecular formula is C14H19NO. The summed E-state index contributed by atoms with van der Waals surface area (Å²) in [4.78, 5) is 14.0. The van der Waals surface area contributed by atoms with Gasteiger partial charge in [-0.1, -0.05) is 50.3 Å². The zero-order valence-corrected chi connectivity index (χ0v) is 10.0. The molecule has 0 aliphatic heterocycles. The number of ketones is 1. The molecule has 1 rings (SSSR count). The van der Waals surface area contributed by atoms with E-state index in [1.165, 1.54) is 0 Å². The third kappa shape index (κ3) is 3.99. The average Bonchev–Trinajstić information content (AvgIpc) is 2.35. The first-order valence-corrected chi connectivity index (χ1v) is 5.76. The number of carbonyl (C=O) groups is 1. The first kappa shape index (κ1) is 12.7. The number of allylic oxidation sites excluding steroid dienone is 1. The predicted octanol–water partition coefficient (Wildman–Crippen LogP) is 2.77. The molecule has 0 N–H and O–H groups in total. The van der Waals surface area contributed by atoms with Gasteiger partial charge in [-0.15, -0.1) is 0 Å². The van der Waals surface area contributed by atoms with E-state index in [0.29, 0.717) is 0 Å². The number of likely N-dealkylation sites (N-methyl/N-ethyl adjacent to an activating group) is 1. The molecular weight excluding hydrogens is 198 g/mol. The van der Waals surface area contributed by atoms with Gasteiger partial charge in [0.2, 0.25) is 0 Å². The van der Waals surface area contributed by atoms with E-state index in [0.717, 1.165) is 25.2 Å². The van der Waals surface area contributed by atoms with Crippen LogP contribution in [-0.2, 0) is 0 Å². The lowest BCUT2D eigenvalue weighted by atomic mass is 10.1. The summed E-state index contributed by atoms with van der Waals surface area (Å²) in [5.41, 5.74) is 0.748. The Morgan fingerprint density at radius 2 is 1.81 bits per heavy atom. The molecule has 0 bridgehead atoms. The molecule has 16 heavy (non-hydrogen) atoms. The minimum atomic E-state index is 0.0766. The molecule has 0 aliphatic carbocycles. The molecule has 1 aromatic carbocycles. The van der Waals surface area contributed by atoms with E-state index in [-0.39, 0.29) is 5.78 Å². The molecule has 2 heteroatoms. The van der Waals surface area contributed by atoms with E-state index in [1.54, 1.807) is 6.08 Å². The van der Waals surface area contributed by atoms with Gasteiger partial charge in [-0.05, 0) is 19.2 Å². The Morgan fingerprint density at radius 3 is 2.38 bits per heavy atom. The lowest BCUT2D eigenvalue weighted by molar-refractivity contribution is 0.104. The third-order valence-electron chi connectivity index (χ3n) is 2.59. The van der Waals surface area contributed by atoms with Gasteiger partial charge in [-0.25, -0.2) is 0 Å². The second-order valence-corrected chi connectivity index (χ2v) is 3.62. The topological polar surface area (TPSA) is 20.3 Å². The SMILES string of the molecule is CCN(CC)CC=CC(=O)c1ccccc1. The van der Waals surface area contributed by atoms with Crippen molar-refractivity contribution >= 4 is 5.78 Å². The van der Waals surface area contributed by atoms with Crippen LogP contribution in [0.15, 0.2) is 42.5 Å². The summed E-state index contributed by atoms with van der Waals surface area (Å²) in [6.07, 6.45) is 3.59. The summed E-state index contributed by atoms with van der Waals surface area (Å²) >= 11 is 0. The van der Waals surface area contributed by atoms with Crippen molar-refractivity contribution in [2.75, 3.05) is 19.6 Å². The maximum atomic E-state index is 11.7. The van der Waals surface area contributed by atoms with Crippen molar-refractivity contribution in [1.82, 2.24) is 4.90 Å². The van der Waals surface area contributed by atoms with Crippen LogP contribution in [0.4, 0.5) is 0 Å². The molecule has 2 nitrogen and oxygen atoms in total. The highest BCUT2D eigenvalue weighted by Gasteiger charge is 1.99. The Bertz CT molecular complexity index is 339. The number of benzene rings is 1. The van der Waals surface area contributed by atoms with Crippen molar-refractivity contribution < 1.29 is 4.79 Å². The number of hydrogen-bond acceptors (Lipinski definition) is 2. The molecule has 0 aliphatic rings. The second kappa shape index (κ2) is 6.96. The van der Waals surface area contributed by atoms with E-state index < -0.39 is 0 Å². The molecule has 0 spiro atoms. The van der Waals surface area contributed by atoms with Crippen LogP contribution in [0.3, 0.4) is 0 Å². The highest BCUT2D eigenvalue weighted by atomic mass is 16.1. The summed E-state index contributed by atoms with van der Waals surface area (Å²) in [5.74, 6) is 0.0766. The molecule has 0 amide bonds. The van der Waals surface area contributed by atoms with Crippen LogP contribution < -0.4 is 0 Å². The van der Waals surface area contributed by atoms with Gasteiger partial charge in [0.1, 0.15) is 0 Å². The molecule has 0 fully saturated rings. The quantitative estimate of drug-likeness (QED) is 0.539. The number of nitrogens with zero attached hydrogens (tertiary/aromatic N) is 1. The Balaban J connectivity index is 2.49. The molecule has 0 radical (unpaired) electrons. The summed E-state index contributed by atoms with van der Waals surface area (Å²) < 4.78 is 0. The summed E-state index contributed by atoms with van der Waals surface area (Å²) in [7, 11) is 0. The van der Waals surface area contributed by atoms with Crippen molar-refractivity contribution in [2.45, 2.75) is 13.8 Å². The number of hydrogen-bond donors (Lipinski definition) is 0. The zero-order valence-electron chi connectivity index (χ0n) is 10.0. The van der Waals surface area contributed by atoms with Crippen molar-refractivity contribution in [1.29, 1.82) is 0 Å². The Kier molecular flexibility index (Phi) is 5.51. The van der Waals surface area contributed by atoms with Gasteiger partial charge >= 0.3 is 0 Å². The van der Waals surface area contributed by atoms with E-state index >= 15 is 0 Å². The molecule has 0 aromatic heterocycles. The van der Waals surface area contributed by atoms with Gasteiger partial charge in [-0.2, -0.15) is 0 Å². The monoisotopic (exact) mass is 217 g/mol. The van der Waals surface area contributed by atoms with Crippen LogP contribution in [0.2, 0.25) is 0 Å². The first-order chi connectivity index (χ1) is 7.77. The van der Waals surface area contributed by atoms with E-state index in [2.05, 4.69) is 18.7 Å². The second-order valence-electron chi connectivity index (χ2n) is 3.62. The van der Waals surface area contributed by atoms with Crippen LogP contribution in [0.1, 0.15) is 24.2 Å². The molecule has 0 atom stereocenters. The van der Waals surface area contributed by atoms with Crippen LogP contribution in [0.5, 0.6) is 0 Å². The van der Waals surface area contributed by atoms with Crippen LogP contribution in [0.25, 0.3) is 0 Å². The number of carbonyl (C=O) groups excluding carboxylic acids is 1. The van der Waals surface area contributed by atoms with Crippen molar-refractivity contribution in [3.8, 4) is 0 Å². The van der Waals surface area contributed by atoms with Crippen molar-refractivity contribution in [3.63, 3.8) is 0 Å². The van der Waals surface area contributed by atoms with Gasteiger partial charge in [-0.3, -0.25) is 4.79 Å². The fraction of sp³-hybridized carbons (Fsp3) is 0.357. The van der Waals surface area contributed by atoms with E-state index in [9.17, 15) is 4.79 Å². The summed E-state index contributed by atoms with van der Waals surface area (Å²) in [6, 6.07) is 9.35. The Morgan fingerprint density at radius 1 is 1.19 bits per heavy atom. The third-order valence-corrected chi connectivity index (χ3v) is 2.59. The van der Waals surface area contributed by atoms with Crippen LogP contribution >= 0.6 is 0 Å². The largest absolute Gasteiger partial charge is 0.300 e. The molecule has 0 unspecified atom stereocenters. The lowest BCUT2D eigenvalue weighted by Gasteiger charge is -2.14. The van der Waals surface area contributed by atoms with Gasteiger partial charge in [0.05, 0.1) is 0 Å². The Labute approximate surface area is 97.6 Å². The predicted molar refractivity (Wildman–Crippen MR) is 67.7 cm³/mol. The summed E-state index contributed by atoms with van der Waals surface area (Å²) in [6.45, 7) is 7.11. The molecule has 0 heterocycles. The van der Waals surface area contributed by atoms with Crippen LogP contribution in [-0.4, -0.2) is 30.3 Å². The standard InChI is InChI=1S/C14H19NO/c1-3-15(4-2)12-8-11-14(16)13-9-6-5-7-10-13/h5-11H,3-4,12H2,1-2H3. The maximum Gasteiger partial charge on any atom is 0.185 e. The minimum Gasteiger partial charge on any atom is -0.300 e. The van der Waals surface area contributed by atoms with Gasteiger partial charge in [0.15, 0.2) is 5.78 Å². The normalized spacial score (nSPS) is 11.2. The van der Waals surface area contributed by atoms with Gasteiger partial charge in [0, 0.05) is 12.1 Å².